The zero-order chi connectivity index (χ0) is 13.0. The van der Waals surface area contributed by atoms with Gasteiger partial charge in [0, 0.05) is 17.4 Å². The van der Waals surface area contributed by atoms with Crippen molar-refractivity contribution in [3.63, 3.8) is 0 Å². The lowest BCUT2D eigenvalue weighted by Gasteiger charge is -2.35. The van der Waals surface area contributed by atoms with Crippen molar-refractivity contribution >= 4 is 21.9 Å². The van der Waals surface area contributed by atoms with Gasteiger partial charge < -0.3 is 14.8 Å². The molecule has 1 aromatic carbocycles. The fourth-order valence-corrected chi connectivity index (χ4v) is 2.36. The van der Waals surface area contributed by atoms with Crippen LogP contribution < -0.4 is 10.1 Å². The molecule has 0 radical (unpaired) electrons. The molecule has 4 nitrogen and oxygen atoms in total. The molecular formula is C13H16BrNO3. The highest BCUT2D eigenvalue weighted by Crippen LogP contribution is 2.27. The largest absolute Gasteiger partial charge is 0.474 e. The molecule has 1 fully saturated rings. The first-order valence-electron chi connectivity index (χ1n) is 5.90. The molecule has 98 valence electrons. The van der Waals surface area contributed by atoms with E-state index in [-0.39, 0.29) is 5.97 Å². The zero-order valence-electron chi connectivity index (χ0n) is 10.2. The minimum absolute atomic E-state index is 0.322. The van der Waals surface area contributed by atoms with Crippen LogP contribution in [0.2, 0.25) is 0 Å². The summed E-state index contributed by atoms with van der Waals surface area (Å²) in [5.74, 6) is 0.352. The van der Waals surface area contributed by atoms with Gasteiger partial charge in [-0.3, -0.25) is 0 Å². The number of benzene rings is 1. The molecule has 0 aromatic heterocycles. The summed E-state index contributed by atoms with van der Waals surface area (Å²) in [7, 11) is 1.39. The fourth-order valence-electron chi connectivity index (χ4n) is 2.09. The molecule has 18 heavy (non-hydrogen) atoms. The molecule has 0 bridgehead atoms. The van der Waals surface area contributed by atoms with E-state index in [2.05, 4.69) is 21.2 Å². The van der Waals surface area contributed by atoms with Crippen molar-refractivity contribution < 1.29 is 14.3 Å². The van der Waals surface area contributed by atoms with Gasteiger partial charge in [0.1, 0.15) is 5.75 Å². The van der Waals surface area contributed by atoms with Crippen LogP contribution in [0.25, 0.3) is 0 Å². The van der Waals surface area contributed by atoms with Gasteiger partial charge in [0.25, 0.3) is 0 Å². The maximum absolute atomic E-state index is 12.0. The third-order valence-corrected chi connectivity index (χ3v) is 3.56. The van der Waals surface area contributed by atoms with Crippen LogP contribution in [-0.2, 0) is 9.53 Å². The average molecular weight is 314 g/mol. The van der Waals surface area contributed by atoms with E-state index in [1.807, 2.05) is 24.3 Å². The SMILES string of the molecule is COC(=O)C1(Oc2ccc(Br)cc2)CCCNC1. The second-order valence-corrected chi connectivity index (χ2v) is 5.24. The van der Waals surface area contributed by atoms with Gasteiger partial charge >= 0.3 is 5.97 Å². The summed E-state index contributed by atoms with van der Waals surface area (Å²) in [6, 6.07) is 7.44. The second kappa shape index (κ2) is 5.71. The van der Waals surface area contributed by atoms with Gasteiger partial charge in [-0.05, 0) is 37.2 Å². The highest BCUT2D eigenvalue weighted by atomic mass is 79.9. The Balaban J connectivity index is 2.19. The predicted octanol–water partition coefficient (Wildman–Crippen LogP) is 2.12. The lowest BCUT2D eigenvalue weighted by Crippen LogP contribution is -2.56. The van der Waals surface area contributed by atoms with Gasteiger partial charge in [-0.2, -0.15) is 0 Å². The van der Waals surface area contributed by atoms with E-state index in [4.69, 9.17) is 9.47 Å². The lowest BCUT2D eigenvalue weighted by atomic mass is 9.94. The van der Waals surface area contributed by atoms with Crippen LogP contribution in [-0.4, -0.2) is 31.8 Å². The third-order valence-electron chi connectivity index (χ3n) is 3.03. The molecular weight excluding hydrogens is 298 g/mol. The quantitative estimate of drug-likeness (QED) is 0.868. The van der Waals surface area contributed by atoms with Crippen LogP contribution in [0, 0.1) is 0 Å². The normalized spacial score (nSPS) is 23.4. The second-order valence-electron chi connectivity index (χ2n) is 4.32. The van der Waals surface area contributed by atoms with Crippen LogP contribution in [0.1, 0.15) is 12.8 Å². The number of carbonyl (C=O) groups is 1. The number of carbonyl (C=O) groups excluding carboxylic acids is 1. The average Bonchev–Trinajstić information content (AvgIpc) is 2.41. The number of piperidine rings is 1. The molecule has 1 heterocycles. The maximum Gasteiger partial charge on any atom is 0.351 e. The van der Waals surface area contributed by atoms with E-state index in [9.17, 15) is 4.79 Å². The first kappa shape index (κ1) is 13.4. The minimum Gasteiger partial charge on any atom is -0.474 e. The van der Waals surface area contributed by atoms with Crippen LogP contribution in [0.4, 0.5) is 0 Å². The summed E-state index contributed by atoms with van der Waals surface area (Å²) < 4.78 is 11.7. The van der Waals surface area contributed by atoms with E-state index >= 15 is 0 Å². The Morgan fingerprint density at radius 3 is 2.67 bits per heavy atom. The van der Waals surface area contributed by atoms with Crippen LogP contribution in [0.3, 0.4) is 0 Å². The van der Waals surface area contributed by atoms with E-state index in [1.165, 1.54) is 7.11 Å². The summed E-state index contributed by atoms with van der Waals surface area (Å²) in [5, 5.41) is 3.19. The van der Waals surface area contributed by atoms with Crippen molar-refractivity contribution in [1.29, 1.82) is 0 Å². The summed E-state index contributed by atoms with van der Waals surface area (Å²) >= 11 is 3.37. The molecule has 0 spiro atoms. The number of rotatable bonds is 3. The Hall–Kier alpha value is -1.07. The molecule has 1 N–H and O–H groups in total. The van der Waals surface area contributed by atoms with Crippen molar-refractivity contribution in [2.75, 3.05) is 20.2 Å². The first-order valence-corrected chi connectivity index (χ1v) is 6.69. The number of hydrogen-bond donors (Lipinski definition) is 1. The number of methoxy groups -OCH3 is 1. The number of nitrogens with one attached hydrogen (secondary N) is 1. The molecule has 1 atom stereocenters. The molecule has 0 amide bonds. The minimum atomic E-state index is -0.902. The summed E-state index contributed by atoms with van der Waals surface area (Å²) in [6.07, 6.45) is 1.56. The van der Waals surface area contributed by atoms with Crippen LogP contribution in [0.5, 0.6) is 5.75 Å². The fraction of sp³-hybridized carbons (Fsp3) is 0.462. The van der Waals surface area contributed by atoms with Crippen LogP contribution in [0.15, 0.2) is 28.7 Å². The highest BCUT2D eigenvalue weighted by Gasteiger charge is 2.43. The van der Waals surface area contributed by atoms with E-state index in [0.717, 1.165) is 17.4 Å². The number of hydrogen-bond acceptors (Lipinski definition) is 4. The van der Waals surface area contributed by atoms with Gasteiger partial charge in [-0.15, -0.1) is 0 Å². The molecule has 1 saturated heterocycles. The Kier molecular flexibility index (Phi) is 4.24. The van der Waals surface area contributed by atoms with Gasteiger partial charge in [-0.25, -0.2) is 4.79 Å². The topological polar surface area (TPSA) is 47.6 Å². The Bertz CT molecular complexity index is 413. The van der Waals surface area contributed by atoms with Gasteiger partial charge in [0.2, 0.25) is 5.60 Å². The van der Waals surface area contributed by atoms with Gasteiger partial charge in [0.05, 0.1) is 7.11 Å². The number of esters is 1. The van der Waals surface area contributed by atoms with E-state index in [1.54, 1.807) is 0 Å². The van der Waals surface area contributed by atoms with Gasteiger partial charge in [-0.1, -0.05) is 15.9 Å². The van der Waals surface area contributed by atoms with Crippen LogP contribution >= 0.6 is 15.9 Å². The molecule has 0 aliphatic carbocycles. The molecule has 1 aliphatic heterocycles. The van der Waals surface area contributed by atoms with Crippen molar-refractivity contribution in [1.82, 2.24) is 5.32 Å². The maximum atomic E-state index is 12.0. The monoisotopic (exact) mass is 313 g/mol. The number of halogens is 1. The summed E-state index contributed by atoms with van der Waals surface area (Å²) in [5.41, 5.74) is -0.902. The smallest absolute Gasteiger partial charge is 0.351 e. The zero-order valence-corrected chi connectivity index (χ0v) is 11.8. The Morgan fingerprint density at radius 2 is 2.11 bits per heavy atom. The standard InChI is InChI=1S/C13H16BrNO3/c1-17-12(16)13(7-2-8-15-9-13)18-11-5-3-10(14)4-6-11/h3-6,15H,2,7-9H2,1H3. The molecule has 2 rings (SSSR count). The molecule has 5 heteroatoms. The van der Waals surface area contributed by atoms with E-state index in [0.29, 0.717) is 18.7 Å². The predicted molar refractivity (Wildman–Crippen MR) is 71.6 cm³/mol. The third kappa shape index (κ3) is 2.84. The summed E-state index contributed by atoms with van der Waals surface area (Å²) in [4.78, 5) is 12.0. The first-order chi connectivity index (χ1) is 8.66. The van der Waals surface area contributed by atoms with Crippen molar-refractivity contribution in [2.45, 2.75) is 18.4 Å². The lowest BCUT2D eigenvalue weighted by molar-refractivity contribution is -0.160. The van der Waals surface area contributed by atoms with E-state index < -0.39 is 5.60 Å². The van der Waals surface area contributed by atoms with Gasteiger partial charge in [0.15, 0.2) is 0 Å². The molecule has 1 unspecified atom stereocenters. The van der Waals surface area contributed by atoms with Crippen molar-refractivity contribution in [3.05, 3.63) is 28.7 Å². The van der Waals surface area contributed by atoms with Crippen molar-refractivity contribution in [2.24, 2.45) is 0 Å². The Labute approximate surface area is 115 Å². The molecule has 1 aliphatic rings. The molecule has 1 aromatic rings. The number of ether oxygens (including phenoxy) is 2. The highest BCUT2D eigenvalue weighted by molar-refractivity contribution is 9.10. The molecule has 0 saturated carbocycles. The summed E-state index contributed by atoms with van der Waals surface area (Å²) in [6.45, 7) is 1.39. The Morgan fingerprint density at radius 1 is 1.39 bits per heavy atom. The van der Waals surface area contributed by atoms with Crippen molar-refractivity contribution in [3.8, 4) is 5.75 Å².